The lowest BCUT2D eigenvalue weighted by molar-refractivity contribution is 0.112. The smallest absolute Gasteiger partial charge is 0.298 e. The van der Waals surface area contributed by atoms with E-state index < -0.39 is 0 Å². The summed E-state index contributed by atoms with van der Waals surface area (Å²) in [6, 6.07) is 0.0182. The number of H-pyrrole nitrogens is 1. The van der Waals surface area contributed by atoms with Crippen molar-refractivity contribution < 1.29 is 4.79 Å². The highest BCUT2D eigenvalue weighted by atomic mass is 32.1. The van der Waals surface area contributed by atoms with Crippen molar-refractivity contribution in [3.63, 3.8) is 0 Å². The molecule has 2 heterocycles. The standard InChI is InChI=1S/C13H14N2O3S/c1-3-7-4-8(7)15-12(17)10-6(2)9(5-16)19-11(10)14-13(15)18/h5,7-8H,3-4H2,1-2H3,(H,14,18). The van der Waals surface area contributed by atoms with Crippen LogP contribution in [0.5, 0.6) is 0 Å². The molecule has 1 fully saturated rings. The highest BCUT2D eigenvalue weighted by Gasteiger charge is 2.39. The predicted octanol–water partition coefficient (Wildman–Crippen LogP) is 1.84. The Morgan fingerprint density at radius 2 is 2.21 bits per heavy atom. The van der Waals surface area contributed by atoms with Gasteiger partial charge in [0.1, 0.15) is 4.83 Å². The fraction of sp³-hybridized carbons (Fsp3) is 0.462. The van der Waals surface area contributed by atoms with Crippen molar-refractivity contribution in [1.82, 2.24) is 9.55 Å². The van der Waals surface area contributed by atoms with Gasteiger partial charge in [0.25, 0.3) is 5.56 Å². The lowest BCUT2D eigenvalue weighted by Gasteiger charge is -2.03. The van der Waals surface area contributed by atoms with Crippen molar-refractivity contribution in [3.05, 3.63) is 31.3 Å². The topological polar surface area (TPSA) is 71.9 Å². The maximum Gasteiger partial charge on any atom is 0.329 e. The molecule has 19 heavy (non-hydrogen) atoms. The summed E-state index contributed by atoms with van der Waals surface area (Å²) in [6.45, 7) is 3.81. The summed E-state index contributed by atoms with van der Waals surface area (Å²) in [4.78, 5) is 39.2. The van der Waals surface area contributed by atoms with Gasteiger partial charge in [-0.25, -0.2) is 4.79 Å². The van der Waals surface area contributed by atoms with E-state index in [4.69, 9.17) is 0 Å². The molecule has 2 aromatic heterocycles. The van der Waals surface area contributed by atoms with E-state index in [0.717, 1.165) is 30.5 Å². The molecular formula is C13H14N2O3S. The van der Waals surface area contributed by atoms with Crippen molar-refractivity contribution in [2.45, 2.75) is 32.7 Å². The number of fused-ring (bicyclic) bond motifs is 1. The predicted molar refractivity (Wildman–Crippen MR) is 74.3 cm³/mol. The maximum absolute atomic E-state index is 12.5. The number of nitrogens with one attached hydrogen (secondary N) is 1. The molecule has 1 saturated carbocycles. The van der Waals surface area contributed by atoms with Crippen LogP contribution >= 0.6 is 11.3 Å². The zero-order valence-corrected chi connectivity index (χ0v) is 11.5. The van der Waals surface area contributed by atoms with Crippen molar-refractivity contribution in [3.8, 4) is 0 Å². The number of carbonyl (C=O) groups is 1. The van der Waals surface area contributed by atoms with E-state index >= 15 is 0 Å². The van der Waals surface area contributed by atoms with Gasteiger partial charge < -0.3 is 0 Å². The van der Waals surface area contributed by atoms with Crippen molar-refractivity contribution in [2.24, 2.45) is 5.92 Å². The molecule has 6 heteroatoms. The number of aldehydes is 1. The summed E-state index contributed by atoms with van der Waals surface area (Å²) in [7, 11) is 0. The van der Waals surface area contributed by atoms with E-state index in [-0.39, 0.29) is 17.3 Å². The molecule has 5 nitrogen and oxygen atoms in total. The fourth-order valence-corrected chi connectivity index (χ4v) is 3.65. The van der Waals surface area contributed by atoms with Gasteiger partial charge in [-0.05, 0) is 24.8 Å². The molecule has 2 aromatic rings. The summed E-state index contributed by atoms with van der Waals surface area (Å²) in [5.74, 6) is 0.417. The molecule has 100 valence electrons. The molecule has 1 aliphatic rings. The third-order valence-corrected chi connectivity index (χ3v) is 5.04. The number of hydrogen-bond donors (Lipinski definition) is 1. The normalized spacial score (nSPS) is 21.8. The Hall–Kier alpha value is -1.69. The van der Waals surface area contributed by atoms with Gasteiger partial charge in [-0.1, -0.05) is 13.3 Å². The number of aromatic nitrogens is 2. The summed E-state index contributed by atoms with van der Waals surface area (Å²) in [6.07, 6.45) is 2.58. The Balaban J connectivity index is 2.31. The molecule has 0 bridgehead atoms. The first-order chi connectivity index (χ1) is 9.08. The molecule has 2 unspecified atom stereocenters. The second kappa shape index (κ2) is 4.16. The number of aryl methyl sites for hydroxylation is 1. The van der Waals surface area contributed by atoms with Crippen LogP contribution in [-0.2, 0) is 0 Å². The largest absolute Gasteiger partial charge is 0.329 e. The van der Waals surface area contributed by atoms with Gasteiger partial charge in [0.15, 0.2) is 6.29 Å². The molecule has 0 spiro atoms. The van der Waals surface area contributed by atoms with Gasteiger partial charge >= 0.3 is 5.69 Å². The summed E-state index contributed by atoms with van der Waals surface area (Å²) < 4.78 is 1.32. The van der Waals surface area contributed by atoms with Crippen LogP contribution in [0.25, 0.3) is 10.2 Å². The Labute approximate surface area is 112 Å². The van der Waals surface area contributed by atoms with E-state index in [1.807, 2.05) is 0 Å². The summed E-state index contributed by atoms with van der Waals surface area (Å²) in [5.41, 5.74) is 0.0393. The second-order valence-electron chi connectivity index (χ2n) is 4.99. The third-order valence-electron chi connectivity index (χ3n) is 3.90. The van der Waals surface area contributed by atoms with Crippen molar-refractivity contribution >= 4 is 27.8 Å². The number of nitrogens with zero attached hydrogens (tertiary/aromatic N) is 1. The number of aromatic amines is 1. The van der Waals surface area contributed by atoms with Crippen LogP contribution < -0.4 is 11.2 Å². The minimum atomic E-state index is -0.364. The van der Waals surface area contributed by atoms with Gasteiger partial charge in [-0.2, -0.15) is 0 Å². The van der Waals surface area contributed by atoms with Gasteiger partial charge in [0.2, 0.25) is 0 Å². The van der Waals surface area contributed by atoms with Crippen LogP contribution in [0.15, 0.2) is 9.59 Å². The minimum absolute atomic E-state index is 0.0182. The number of hydrogen-bond acceptors (Lipinski definition) is 4. The average molecular weight is 278 g/mol. The van der Waals surface area contributed by atoms with Crippen LogP contribution in [0, 0.1) is 12.8 Å². The van der Waals surface area contributed by atoms with Crippen LogP contribution in [0.4, 0.5) is 0 Å². The van der Waals surface area contributed by atoms with Crippen LogP contribution in [0.2, 0.25) is 0 Å². The van der Waals surface area contributed by atoms with Crippen LogP contribution in [0.3, 0.4) is 0 Å². The zero-order valence-electron chi connectivity index (χ0n) is 10.7. The van der Waals surface area contributed by atoms with Crippen molar-refractivity contribution in [1.29, 1.82) is 0 Å². The monoisotopic (exact) mass is 278 g/mol. The van der Waals surface area contributed by atoms with E-state index in [2.05, 4.69) is 11.9 Å². The van der Waals surface area contributed by atoms with E-state index in [1.165, 1.54) is 4.57 Å². The van der Waals surface area contributed by atoms with Gasteiger partial charge in [-0.15, -0.1) is 11.3 Å². The molecule has 1 N–H and O–H groups in total. The Morgan fingerprint density at radius 3 is 2.79 bits per heavy atom. The van der Waals surface area contributed by atoms with Crippen LogP contribution in [-0.4, -0.2) is 15.8 Å². The Kier molecular flexibility index (Phi) is 2.70. The first kappa shape index (κ1) is 12.3. The average Bonchev–Trinajstić information content (AvgIpc) is 3.07. The lowest BCUT2D eigenvalue weighted by Crippen LogP contribution is -2.34. The highest BCUT2D eigenvalue weighted by molar-refractivity contribution is 7.20. The third kappa shape index (κ3) is 1.70. The van der Waals surface area contributed by atoms with E-state index in [9.17, 15) is 14.4 Å². The Bertz CT molecular complexity index is 784. The molecule has 3 rings (SSSR count). The SMILES string of the molecule is CCC1CC1n1c(=O)[nH]c2sc(C=O)c(C)c2c1=O. The Morgan fingerprint density at radius 1 is 1.47 bits per heavy atom. The molecular weight excluding hydrogens is 264 g/mol. The van der Waals surface area contributed by atoms with Gasteiger partial charge in [0, 0.05) is 6.04 Å². The maximum atomic E-state index is 12.5. The van der Waals surface area contributed by atoms with E-state index in [1.54, 1.807) is 6.92 Å². The molecule has 2 atom stereocenters. The second-order valence-corrected chi connectivity index (χ2v) is 6.04. The molecule has 0 aliphatic heterocycles. The number of carbonyl (C=O) groups excluding carboxylic acids is 1. The lowest BCUT2D eigenvalue weighted by atomic mass is 10.2. The summed E-state index contributed by atoms with van der Waals surface area (Å²) >= 11 is 1.16. The molecule has 1 aliphatic carbocycles. The van der Waals surface area contributed by atoms with E-state index in [0.29, 0.717) is 26.6 Å². The minimum Gasteiger partial charge on any atom is -0.298 e. The number of rotatable bonds is 3. The first-order valence-electron chi connectivity index (χ1n) is 6.31. The first-order valence-corrected chi connectivity index (χ1v) is 7.13. The molecule has 0 amide bonds. The van der Waals surface area contributed by atoms with Crippen molar-refractivity contribution in [2.75, 3.05) is 0 Å². The highest BCUT2D eigenvalue weighted by Crippen LogP contribution is 2.44. The molecule has 0 saturated heterocycles. The number of thiophene rings is 1. The quantitative estimate of drug-likeness (QED) is 0.871. The molecule has 0 aromatic carbocycles. The van der Waals surface area contributed by atoms with Gasteiger partial charge in [0.05, 0.1) is 10.3 Å². The van der Waals surface area contributed by atoms with Crippen LogP contribution in [0.1, 0.15) is 41.0 Å². The van der Waals surface area contributed by atoms with Gasteiger partial charge in [-0.3, -0.25) is 19.1 Å². The summed E-state index contributed by atoms with van der Waals surface area (Å²) in [5, 5.41) is 0.480. The fourth-order valence-electron chi connectivity index (χ4n) is 2.65. The molecule has 0 radical (unpaired) electrons. The zero-order chi connectivity index (χ0) is 13.7.